The number of hydrogen-bond acceptors (Lipinski definition) is 6. The number of thioether (sulfide) groups is 1. The summed E-state index contributed by atoms with van der Waals surface area (Å²) in [4.78, 5) is 8.40. The molecule has 0 amide bonds. The Balaban J connectivity index is 1.76. The quantitative estimate of drug-likeness (QED) is 0.735. The van der Waals surface area contributed by atoms with E-state index in [0.29, 0.717) is 10.9 Å². The van der Waals surface area contributed by atoms with Crippen LogP contribution in [0.25, 0.3) is 11.1 Å². The summed E-state index contributed by atoms with van der Waals surface area (Å²) < 4.78 is 6.69. The molecule has 2 aromatic heterocycles. The number of anilines is 1. The van der Waals surface area contributed by atoms with Gasteiger partial charge in [0.2, 0.25) is 5.89 Å². The van der Waals surface area contributed by atoms with Crippen molar-refractivity contribution in [1.29, 1.82) is 0 Å². The van der Waals surface area contributed by atoms with Crippen molar-refractivity contribution in [3.63, 3.8) is 0 Å². The molecule has 0 bridgehead atoms. The van der Waals surface area contributed by atoms with Gasteiger partial charge in [0.25, 0.3) is 0 Å². The predicted octanol–water partition coefficient (Wildman–Crippen LogP) is 3.16. The lowest BCUT2D eigenvalue weighted by atomic mass is 10.3. The molecule has 0 spiro atoms. The van der Waals surface area contributed by atoms with Gasteiger partial charge in [0.1, 0.15) is 5.52 Å². The monoisotopic (exact) mass is 263 g/mol. The number of para-hydroxylation sites is 2. The Morgan fingerprint density at radius 1 is 1.35 bits per heavy atom. The van der Waals surface area contributed by atoms with Crippen LogP contribution in [0, 0.1) is 0 Å². The minimum Gasteiger partial charge on any atom is -0.440 e. The molecule has 86 valence electrons. The number of thiazole rings is 1. The van der Waals surface area contributed by atoms with Gasteiger partial charge in [-0.05, 0) is 12.1 Å². The Morgan fingerprint density at radius 3 is 3.00 bits per heavy atom. The van der Waals surface area contributed by atoms with Gasteiger partial charge in [0, 0.05) is 0 Å². The summed E-state index contributed by atoms with van der Waals surface area (Å²) in [5.74, 6) is 1.42. The molecule has 0 aliphatic rings. The van der Waals surface area contributed by atoms with Gasteiger partial charge in [-0.25, -0.2) is 9.97 Å². The Morgan fingerprint density at radius 2 is 2.24 bits per heavy atom. The first-order valence-electron chi connectivity index (χ1n) is 5.00. The maximum absolute atomic E-state index is 5.62. The molecule has 0 aliphatic heterocycles. The van der Waals surface area contributed by atoms with Gasteiger partial charge in [-0.2, -0.15) is 0 Å². The topological polar surface area (TPSA) is 64.9 Å². The number of hydrogen-bond donors (Lipinski definition) is 1. The third-order valence-corrected chi connectivity index (χ3v) is 4.18. The molecule has 0 radical (unpaired) electrons. The first-order valence-corrected chi connectivity index (χ1v) is 6.80. The summed E-state index contributed by atoms with van der Waals surface area (Å²) in [6.07, 6.45) is 1.77. The summed E-state index contributed by atoms with van der Waals surface area (Å²) in [6.45, 7) is 0. The largest absolute Gasteiger partial charge is 0.440 e. The number of nitrogen functional groups attached to an aromatic ring is 1. The van der Waals surface area contributed by atoms with Crippen molar-refractivity contribution in [2.24, 2.45) is 0 Å². The number of oxazole rings is 1. The first kappa shape index (κ1) is 10.6. The van der Waals surface area contributed by atoms with Crippen molar-refractivity contribution >= 4 is 39.3 Å². The lowest BCUT2D eigenvalue weighted by Gasteiger charge is -1.91. The van der Waals surface area contributed by atoms with Crippen LogP contribution in [0.3, 0.4) is 0 Å². The number of nitrogens with zero attached hydrogens (tertiary/aromatic N) is 2. The molecule has 0 saturated carbocycles. The van der Waals surface area contributed by atoms with Gasteiger partial charge in [-0.3, -0.25) is 0 Å². The third kappa shape index (κ3) is 2.27. The fourth-order valence-electron chi connectivity index (χ4n) is 1.45. The van der Waals surface area contributed by atoms with Gasteiger partial charge in [0.15, 0.2) is 10.7 Å². The Bertz CT molecular complexity index is 614. The third-order valence-electron chi connectivity index (χ3n) is 2.18. The van der Waals surface area contributed by atoms with E-state index in [1.54, 1.807) is 18.0 Å². The second-order valence-electron chi connectivity index (χ2n) is 3.38. The van der Waals surface area contributed by atoms with E-state index >= 15 is 0 Å². The second kappa shape index (κ2) is 4.38. The van der Waals surface area contributed by atoms with Crippen LogP contribution in [0.1, 0.15) is 5.89 Å². The van der Waals surface area contributed by atoms with Crippen LogP contribution in [0.5, 0.6) is 0 Å². The van der Waals surface area contributed by atoms with Crippen molar-refractivity contribution < 1.29 is 4.42 Å². The first-order chi connectivity index (χ1) is 8.31. The van der Waals surface area contributed by atoms with Gasteiger partial charge in [-0.1, -0.05) is 23.5 Å². The normalized spacial score (nSPS) is 11.1. The van der Waals surface area contributed by atoms with E-state index in [1.165, 1.54) is 11.3 Å². The summed E-state index contributed by atoms with van der Waals surface area (Å²) >= 11 is 3.10. The maximum Gasteiger partial charge on any atom is 0.205 e. The van der Waals surface area contributed by atoms with Gasteiger partial charge in [0.05, 0.1) is 16.2 Å². The summed E-state index contributed by atoms with van der Waals surface area (Å²) in [6, 6.07) is 7.75. The SMILES string of the molecule is Nc1ncc(SCc2nc3ccccc3o2)s1. The molecule has 17 heavy (non-hydrogen) atoms. The zero-order valence-electron chi connectivity index (χ0n) is 8.79. The van der Waals surface area contributed by atoms with Crippen molar-refractivity contribution in [1.82, 2.24) is 9.97 Å². The van der Waals surface area contributed by atoms with E-state index in [2.05, 4.69) is 9.97 Å². The standard InChI is InChI=1S/C11H9N3OS2/c12-11-13-5-10(17-11)16-6-9-14-7-3-1-2-4-8(7)15-9/h1-5H,6H2,(H2,12,13). The van der Waals surface area contributed by atoms with E-state index in [4.69, 9.17) is 10.2 Å². The maximum atomic E-state index is 5.62. The highest BCUT2D eigenvalue weighted by Crippen LogP contribution is 2.29. The average Bonchev–Trinajstić information content (AvgIpc) is 2.91. The van der Waals surface area contributed by atoms with Crippen molar-refractivity contribution in [2.75, 3.05) is 5.73 Å². The molecule has 0 fully saturated rings. The molecule has 2 heterocycles. The van der Waals surface area contributed by atoms with Gasteiger partial charge in [-0.15, -0.1) is 11.8 Å². The van der Waals surface area contributed by atoms with Crippen LogP contribution < -0.4 is 5.73 Å². The molecule has 2 N–H and O–H groups in total. The lowest BCUT2D eigenvalue weighted by molar-refractivity contribution is 0.556. The Labute approximate surface area is 106 Å². The predicted molar refractivity (Wildman–Crippen MR) is 70.1 cm³/mol. The molecule has 6 heteroatoms. The minimum absolute atomic E-state index is 0.588. The molecule has 0 atom stereocenters. The summed E-state index contributed by atoms with van der Waals surface area (Å²) in [5, 5.41) is 0.588. The van der Waals surface area contributed by atoms with Gasteiger partial charge < -0.3 is 10.2 Å². The van der Waals surface area contributed by atoms with Crippen LogP contribution in [0.2, 0.25) is 0 Å². The number of fused-ring (bicyclic) bond motifs is 1. The Hall–Kier alpha value is -1.53. The van der Waals surface area contributed by atoms with Crippen LogP contribution in [-0.2, 0) is 5.75 Å². The van der Waals surface area contributed by atoms with Crippen molar-refractivity contribution in [3.8, 4) is 0 Å². The minimum atomic E-state index is 0.588. The molecule has 0 unspecified atom stereocenters. The van der Waals surface area contributed by atoms with Crippen LogP contribution in [-0.4, -0.2) is 9.97 Å². The number of benzene rings is 1. The lowest BCUT2D eigenvalue weighted by Crippen LogP contribution is -1.77. The van der Waals surface area contributed by atoms with Crippen LogP contribution in [0.15, 0.2) is 39.1 Å². The number of aromatic nitrogens is 2. The Kier molecular flexibility index (Phi) is 2.74. The fraction of sp³-hybridized carbons (Fsp3) is 0.0909. The summed E-state index contributed by atoms with van der Waals surface area (Å²) in [5.41, 5.74) is 7.29. The molecule has 0 saturated heterocycles. The van der Waals surface area contributed by atoms with E-state index < -0.39 is 0 Å². The fourth-order valence-corrected chi connectivity index (χ4v) is 3.06. The van der Waals surface area contributed by atoms with Crippen molar-refractivity contribution in [3.05, 3.63) is 36.4 Å². The van der Waals surface area contributed by atoms with E-state index in [0.717, 1.165) is 21.2 Å². The highest BCUT2D eigenvalue weighted by molar-refractivity contribution is 8.00. The van der Waals surface area contributed by atoms with E-state index in [9.17, 15) is 0 Å². The molecule has 3 rings (SSSR count). The average molecular weight is 263 g/mol. The highest BCUT2D eigenvalue weighted by Gasteiger charge is 2.06. The zero-order chi connectivity index (χ0) is 11.7. The van der Waals surface area contributed by atoms with E-state index in [-0.39, 0.29) is 0 Å². The number of rotatable bonds is 3. The molecule has 4 nitrogen and oxygen atoms in total. The smallest absolute Gasteiger partial charge is 0.205 e. The van der Waals surface area contributed by atoms with Crippen LogP contribution in [0.4, 0.5) is 5.13 Å². The molecular weight excluding hydrogens is 254 g/mol. The molecule has 1 aromatic carbocycles. The second-order valence-corrected chi connectivity index (χ2v) is 5.72. The molecule has 3 aromatic rings. The highest BCUT2D eigenvalue weighted by atomic mass is 32.2. The molecule has 0 aliphatic carbocycles. The van der Waals surface area contributed by atoms with Crippen molar-refractivity contribution in [2.45, 2.75) is 9.96 Å². The van der Waals surface area contributed by atoms with E-state index in [1.807, 2.05) is 24.3 Å². The molecular formula is C11H9N3OS2. The van der Waals surface area contributed by atoms with Crippen LogP contribution >= 0.6 is 23.1 Å². The number of nitrogens with two attached hydrogens (primary N) is 1. The zero-order valence-corrected chi connectivity index (χ0v) is 10.4. The summed E-state index contributed by atoms with van der Waals surface area (Å²) in [7, 11) is 0. The van der Waals surface area contributed by atoms with Gasteiger partial charge >= 0.3 is 0 Å².